The molecule has 0 aromatic heterocycles. The van der Waals surface area contributed by atoms with E-state index in [0.29, 0.717) is 5.17 Å². The molecule has 0 fully saturated rings. The fourth-order valence-electron chi connectivity index (χ4n) is 0.610. The van der Waals surface area contributed by atoms with Gasteiger partial charge in [0, 0.05) is 6.54 Å². The molecule has 0 unspecified atom stereocenters. The van der Waals surface area contributed by atoms with Crippen LogP contribution in [-0.4, -0.2) is 18.0 Å². The third-order valence-corrected chi connectivity index (χ3v) is 1.76. The van der Waals surface area contributed by atoms with Crippen LogP contribution in [0.1, 0.15) is 13.3 Å². The Morgan fingerprint density at radius 2 is 2.50 bits per heavy atom. The maximum atomic E-state index is 8.30. The Balaban J connectivity index is 3.71. The zero-order chi connectivity index (χ0) is 9.23. The van der Waals surface area contributed by atoms with Crippen LogP contribution in [0.2, 0.25) is 0 Å². The molecule has 0 aliphatic heterocycles. The molecule has 0 aliphatic rings. The third kappa shape index (κ3) is 5.81. The molecule has 0 saturated carbocycles. The number of nitrogens with one attached hydrogen (secondary N) is 1. The van der Waals surface area contributed by atoms with Crippen molar-refractivity contribution < 1.29 is 0 Å². The minimum atomic E-state index is 0.682. The van der Waals surface area contributed by atoms with E-state index < -0.39 is 0 Å². The normalized spacial score (nSPS) is 11.6. The van der Waals surface area contributed by atoms with Crippen molar-refractivity contribution >= 4 is 16.9 Å². The van der Waals surface area contributed by atoms with Gasteiger partial charge in [-0.05, 0) is 19.6 Å². The zero-order valence-corrected chi connectivity index (χ0v) is 8.19. The van der Waals surface area contributed by atoms with Crippen LogP contribution < -0.4 is 5.32 Å². The van der Waals surface area contributed by atoms with Crippen LogP contribution in [-0.2, 0) is 0 Å². The lowest BCUT2D eigenvalue weighted by Crippen LogP contribution is -2.13. The molecule has 12 heavy (non-hydrogen) atoms. The van der Waals surface area contributed by atoms with Gasteiger partial charge in [0.05, 0.1) is 0 Å². The molecule has 66 valence electrons. The molecule has 0 aromatic carbocycles. The summed E-state index contributed by atoms with van der Waals surface area (Å²) >= 11 is 1.44. The molecule has 0 heterocycles. The van der Waals surface area contributed by atoms with E-state index in [1.807, 2.05) is 31.5 Å². The SMILES string of the molecule is C/C=C/CCN=C(NC#N)SC. The highest BCUT2D eigenvalue weighted by molar-refractivity contribution is 8.13. The third-order valence-electron chi connectivity index (χ3n) is 1.14. The van der Waals surface area contributed by atoms with Crippen LogP contribution in [0.3, 0.4) is 0 Å². The van der Waals surface area contributed by atoms with E-state index in [1.165, 1.54) is 11.8 Å². The van der Waals surface area contributed by atoms with Crippen molar-refractivity contribution in [2.24, 2.45) is 4.99 Å². The fourth-order valence-corrected chi connectivity index (χ4v) is 0.978. The first-order valence-corrected chi connectivity index (χ1v) is 4.92. The average molecular weight is 183 g/mol. The number of hydrogen-bond acceptors (Lipinski definition) is 3. The first kappa shape index (κ1) is 11.1. The molecular formula is C8H13N3S. The molecule has 1 N–H and O–H groups in total. The van der Waals surface area contributed by atoms with Gasteiger partial charge >= 0.3 is 0 Å². The van der Waals surface area contributed by atoms with Gasteiger partial charge in [-0.2, -0.15) is 5.26 Å². The molecule has 0 radical (unpaired) electrons. The van der Waals surface area contributed by atoms with Crippen molar-refractivity contribution in [3.63, 3.8) is 0 Å². The number of amidine groups is 1. The molecule has 0 aliphatic carbocycles. The standard InChI is InChI=1S/C8H13N3S/c1-3-4-5-6-10-8(12-2)11-7-9/h3-4H,5-6H2,1-2H3,(H,10,11)/b4-3+. The van der Waals surface area contributed by atoms with E-state index in [1.54, 1.807) is 0 Å². The first-order valence-electron chi connectivity index (χ1n) is 3.69. The Hall–Kier alpha value is -0.950. The Bertz CT molecular complexity index is 203. The van der Waals surface area contributed by atoms with Crippen LogP contribution >= 0.6 is 11.8 Å². The van der Waals surface area contributed by atoms with Crippen LogP contribution in [0.5, 0.6) is 0 Å². The Labute approximate surface area is 77.6 Å². The molecule has 0 bridgehead atoms. The van der Waals surface area contributed by atoms with Gasteiger partial charge in [0.2, 0.25) is 0 Å². The highest BCUT2D eigenvalue weighted by Gasteiger charge is 1.91. The van der Waals surface area contributed by atoms with E-state index >= 15 is 0 Å². The number of nitrogens with zero attached hydrogens (tertiary/aromatic N) is 2. The second-order valence-corrected chi connectivity index (χ2v) is 2.78. The molecule has 0 rings (SSSR count). The summed E-state index contributed by atoms with van der Waals surface area (Å²) in [6.45, 7) is 2.71. The zero-order valence-electron chi connectivity index (χ0n) is 7.37. The Kier molecular flexibility index (Phi) is 7.50. The van der Waals surface area contributed by atoms with Gasteiger partial charge < -0.3 is 0 Å². The molecule has 0 atom stereocenters. The van der Waals surface area contributed by atoms with Crippen LogP contribution in [0.25, 0.3) is 0 Å². The predicted octanol–water partition coefficient (Wildman–Crippen LogP) is 1.74. The van der Waals surface area contributed by atoms with Gasteiger partial charge in [-0.25, -0.2) is 0 Å². The topological polar surface area (TPSA) is 48.2 Å². The molecule has 3 nitrogen and oxygen atoms in total. The smallest absolute Gasteiger partial charge is 0.183 e. The van der Waals surface area contributed by atoms with Crippen molar-refractivity contribution in [1.82, 2.24) is 5.32 Å². The maximum Gasteiger partial charge on any atom is 0.183 e. The van der Waals surface area contributed by atoms with Crippen molar-refractivity contribution in [3.05, 3.63) is 12.2 Å². The van der Waals surface area contributed by atoms with E-state index in [0.717, 1.165) is 13.0 Å². The summed E-state index contributed by atoms with van der Waals surface area (Å²) in [4.78, 5) is 4.16. The summed E-state index contributed by atoms with van der Waals surface area (Å²) in [5, 5.41) is 11.5. The number of nitriles is 1. The summed E-state index contributed by atoms with van der Waals surface area (Å²) in [6, 6.07) is 0. The van der Waals surface area contributed by atoms with Gasteiger partial charge in [-0.1, -0.05) is 23.9 Å². The first-order chi connectivity index (χ1) is 5.85. The Morgan fingerprint density at radius 1 is 1.75 bits per heavy atom. The van der Waals surface area contributed by atoms with Crippen LogP contribution in [0.4, 0.5) is 0 Å². The largest absolute Gasteiger partial charge is 0.272 e. The second kappa shape index (κ2) is 8.15. The maximum absolute atomic E-state index is 8.30. The summed E-state index contributed by atoms with van der Waals surface area (Å²) in [5.41, 5.74) is 0. The molecule has 0 amide bonds. The fraction of sp³-hybridized carbons (Fsp3) is 0.500. The van der Waals surface area contributed by atoms with Crippen molar-refractivity contribution in [2.75, 3.05) is 12.8 Å². The number of thioether (sulfide) groups is 1. The van der Waals surface area contributed by atoms with Gasteiger partial charge in [0.25, 0.3) is 0 Å². The minimum Gasteiger partial charge on any atom is -0.272 e. The molecule has 4 heteroatoms. The van der Waals surface area contributed by atoms with Crippen molar-refractivity contribution in [1.29, 1.82) is 5.26 Å². The van der Waals surface area contributed by atoms with Gasteiger partial charge in [0.15, 0.2) is 11.4 Å². The summed E-state index contributed by atoms with van der Waals surface area (Å²) in [7, 11) is 0. The molecular weight excluding hydrogens is 170 g/mol. The number of rotatable bonds is 3. The predicted molar refractivity (Wildman–Crippen MR) is 54.0 cm³/mol. The lowest BCUT2D eigenvalue weighted by atomic mass is 10.4. The van der Waals surface area contributed by atoms with E-state index in [-0.39, 0.29) is 0 Å². The number of aliphatic imine (C=N–C) groups is 1. The van der Waals surface area contributed by atoms with E-state index in [2.05, 4.69) is 10.3 Å². The Morgan fingerprint density at radius 3 is 3.00 bits per heavy atom. The average Bonchev–Trinajstić information content (AvgIpc) is 2.10. The number of hydrogen-bond donors (Lipinski definition) is 1. The van der Waals surface area contributed by atoms with Gasteiger partial charge in [0.1, 0.15) is 0 Å². The van der Waals surface area contributed by atoms with Crippen molar-refractivity contribution in [2.45, 2.75) is 13.3 Å². The quantitative estimate of drug-likeness (QED) is 0.181. The molecule has 0 saturated heterocycles. The van der Waals surface area contributed by atoms with Crippen LogP contribution in [0.15, 0.2) is 17.1 Å². The second-order valence-electron chi connectivity index (χ2n) is 1.99. The van der Waals surface area contributed by atoms with Crippen molar-refractivity contribution in [3.8, 4) is 6.19 Å². The monoisotopic (exact) mass is 183 g/mol. The minimum absolute atomic E-state index is 0.682. The lowest BCUT2D eigenvalue weighted by molar-refractivity contribution is 0.999. The van der Waals surface area contributed by atoms with Gasteiger partial charge in [-0.15, -0.1) is 0 Å². The lowest BCUT2D eigenvalue weighted by Gasteiger charge is -1.97. The van der Waals surface area contributed by atoms with E-state index in [9.17, 15) is 0 Å². The highest BCUT2D eigenvalue weighted by atomic mass is 32.2. The highest BCUT2D eigenvalue weighted by Crippen LogP contribution is 1.95. The summed E-state index contributed by atoms with van der Waals surface area (Å²) in [6.07, 6.45) is 8.69. The molecule has 0 spiro atoms. The summed E-state index contributed by atoms with van der Waals surface area (Å²) in [5.74, 6) is 0. The van der Waals surface area contributed by atoms with Crippen LogP contribution in [0, 0.1) is 11.5 Å². The van der Waals surface area contributed by atoms with E-state index in [4.69, 9.17) is 5.26 Å². The summed E-state index contributed by atoms with van der Waals surface area (Å²) < 4.78 is 0. The van der Waals surface area contributed by atoms with Gasteiger partial charge in [-0.3, -0.25) is 10.3 Å². The molecule has 0 aromatic rings. The number of allylic oxidation sites excluding steroid dienone is 1.